The van der Waals surface area contributed by atoms with Crippen LogP contribution in [0.3, 0.4) is 0 Å². The lowest BCUT2D eigenvalue weighted by Crippen LogP contribution is -2.35. The predicted molar refractivity (Wildman–Crippen MR) is 120 cm³/mol. The van der Waals surface area contributed by atoms with Crippen LogP contribution in [0.1, 0.15) is 40.9 Å². The van der Waals surface area contributed by atoms with Gasteiger partial charge in [0.15, 0.2) is 0 Å². The molecule has 3 aromatic rings. The van der Waals surface area contributed by atoms with Gasteiger partial charge in [0.2, 0.25) is 10.0 Å². The van der Waals surface area contributed by atoms with Gasteiger partial charge in [0.05, 0.1) is 16.3 Å². The topological polar surface area (TPSA) is 84.3 Å². The number of piperidine rings is 1. The average Bonchev–Trinajstić information content (AvgIpc) is 3.15. The van der Waals surface area contributed by atoms with Crippen molar-refractivity contribution in [1.82, 2.24) is 14.1 Å². The molecule has 2 heterocycles. The van der Waals surface area contributed by atoms with Gasteiger partial charge in [0.1, 0.15) is 5.82 Å². The van der Waals surface area contributed by atoms with Gasteiger partial charge in [-0.05, 0) is 57.0 Å². The number of carbonyl (C=O) groups excluding carboxylic acids is 1. The minimum Gasteiger partial charge on any atom is -0.306 e. The number of anilines is 1. The van der Waals surface area contributed by atoms with Gasteiger partial charge in [-0.25, -0.2) is 13.1 Å². The standard InChI is InChI=1S/C23H26N4O3S/c1-17-9-11-20(12-10-17)27-22(15-18(2)25-27)24-23(28)19-7-6-8-21(16-19)31(29,30)26-13-4-3-5-14-26/h6-12,15-16H,3-5,13-14H2,1-2H3,(H,24,28). The van der Waals surface area contributed by atoms with Gasteiger partial charge in [0.25, 0.3) is 5.91 Å². The molecular weight excluding hydrogens is 412 g/mol. The van der Waals surface area contributed by atoms with Gasteiger partial charge < -0.3 is 5.32 Å². The van der Waals surface area contributed by atoms with Crippen LogP contribution in [0.15, 0.2) is 59.5 Å². The van der Waals surface area contributed by atoms with E-state index in [0.717, 1.165) is 36.2 Å². The number of nitrogens with zero attached hydrogens (tertiary/aromatic N) is 3. The Morgan fingerprint density at radius 2 is 1.68 bits per heavy atom. The molecule has 1 aliphatic heterocycles. The quantitative estimate of drug-likeness (QED) is 0.654. The van der Waals surface area contributed by atoms with E-state index in [0.29, 0.717) is 18.9 Å². The monoisotopic (exact) mass is 438 g/mol. The second-order valence-electron chi connectivity index (χ2n) is 7.87. The van der Waals surface area contributed by atoms with Crippen molar-refractivity contribution in [3.05, 3.63) is 71.4 Å². The summed E-state index contributed by atoms with van der Waals surface area (Å²) >= 11 is 0. The highest BCUT2D eigenvalue weighted by Crippen LogP contribution is 2.23. The minimum absolute atomic E-state index is 0.144. The van der Waals surface area contributed by atoms with E-state index in [4.69, 9.17) is 0 Å². The van der Waals surface area contributed by atoms with Crippen LogP contribution < -0.4 is 5.32 Å². The summed E-state index contributed by atoms with van der Waals surface area (Å²) in [7, 11) is -3.61. The van der Waals surface area contributed by atoms with Gasteiger partial charge in [-0.1, -0.05) is 30.2 Å². The number of nitrogens with one attached hydrogen (secondary N) is 1. The molecule has 1 aliphatic rings. The zero-order valence-corrected chi connectivity index (χ0v) is 18.5. The van der Waals surface area contributed by atoms with Crippen molar-refractivity contribution < 1.29 is 13.2 Å². The van der Waals surface area contributed by atoms with Gasteiger partial charge in [-0.15, -0.1) is 0 Å². The lowest BCUT2D eigenvalue weighted by Gasteiger charge is -2.26. The Morgan fingerprint density at radius 3 is 2.39 bits per heavy atom. The Labute approximate surface area is 182 Å². The van der Waals surface area contributed by atoms with Crippen molar-refractivity contribution in [2.24, 2.45) is 0 Å². The van der Waals surface area contributed by atoms with Crippen molar-refractivity contribution in [2.45, 2.75) is 38.0 Å². The number of aryl methyl sites for hydroxylation is 2. The predicted octanol–water partition coefficient (Wildman–Crippen LogP) is 3.92. The molecule has 0 aliphatic carbocycles. The van der Waals surface area contributed by atoms with Crippen LogP contribution in [0.2, 0.25) is 0 Å². The third kappa shape index (κ3) is 4.55. The van der Waals surface area contributed by atoms with E-state index in [9.17, 15) is 13.2 Å². The van der Waals surface area contributed by atoms with E-state index in [1.165, 1.54) is 10.4 Å². The lowest BCUT2D eigenvalue weighted by atomic mass is 10.2. The third-order valence-electron chi connectivity index (χ3n) is 5.40. The number of sulfonamides is 1. The van der Waals surface area contributed by atoms with Crippen molar-refractivity contribution in [2.75, 3.05) is 18.4 Å². The molecule has 0 atom stereocenters. The molecule has 162 valence electrons. The third-order valence-corrected chi connectivity index (χ3v) is 7.30. The van der Waals surface area contributed by atoms with Gasteiger partial charge in [-0.3, -0.25) is 4.79 Å². The fourth-order valence-corrected chi connectivity index (χ4v) is 5.28. The first-order valence-electron chi connectivity index (χ1n) is 10.4. The SMILES string of the molecule is Cc1ccc(-n2nc(C)cc2NC(=O)c2cccc(S(=O)(=O)N3CCCCC3)c2)cc1. The number of benzene rings is 2. The van der Waals surface area contributed by atoms with Crippen molar-refractivity contribution in [3.63, 3.8) is 0 Å². The molecule has 8 heteroatoms. The van der Waals surface area contributed by atoms with Crippen LogP contribution in [0.4, 0.5) is 5.82 Å². The first kappa shape index (κ1) is 21.3. The van der Waals surface area contributed by atoms with Crippen molar-refractivity contribution >= 4 is 21.7 Å². The van der Waals surface area contributed by atoms with Crippen LogP contribution in [-0.2, 0) is 10.0 Å². The summed E-state index contributed by atoms with van der Waals surface area (Å²) in [6.07, 6.45) is 2.77. The van der Waals surface area contributed by atoms with Gasteiger partial charge in [0, 0.05) is 24.7 Å². The molecule has 0 unspecified atom stereocenters. The Hall–Kier alpha value is -2.97. The molecule has 4 rings (SSSR count). The Bertz CT molecular complexity index is 1190. The van der Waals surface area contributed by atoms with E-state index in [1.807, 2.05) is 38.1 Å². The summed E-state index contributed by atoms with van der Waals surface area (Å²) in [5, 5.41) is 7.35. The van der Waals surface area contributed by atoms with Crippen LogP contribution in [0.5, 0.6) is 0 Å². The number of amides is 1. The maximum Gasteiger partial charge on any atom is 0.256 e. The van der Waals surface area contributed by atoms with E-state index < -0.39 is 10.0 Å². The molecule has 7 nitrogen and oxygen atoms in total. The maximum absolute atomic E-state index is 13.0. The first-order chi connectivity index (χ1) is 14.8. The lowest BCUT2D eigenvalue weighted by molar-refractivity contribution is 0.102. The summed E-state index contributed by atoms with van der Waals surface area (Å²) < 4.78 is 29.1. The summed E-state index contributed by atoms with van der Waals surface area (Å²) in [6, 6.07) is 15.8. The molecule has 0 bridgehead atoms. The Morgan fingerprint density at radius 1 is 0.968 bits per heavy atom. The molecule has 1 saturated heterocycles. The maximum atomic E-state index is 13.0. The summed E-state index contributed by atoms with van der Waals surface area (Å²) in [5.41, 5.74) is 3.00. The molecule has 31 heavy (non-hydrogen) atoms. The van der Waals surface area contributed by atoms with Crippen LogP contribution in [0.25, 0.3) is 5.69 Å². The van der Waals surface area contributed by atoms with E-state index in [1.54, 1.807) is 28.9 Å². The minimum atomic E-state index is -3.61. The Balaban J connectivity index is 1.59. The highest BCUT2D eigenvalue weighted by molar-refractivity contribution is 7.89. The first-order valence-corrected chi connectivity index (χ1v) is 11.8. The molecule has 0 spiro atoms. The zero-order chi connectivity index (χ0) is 22.0. The number of hydrogen-bond donors (Lipinski definition) is 1. The largest absolute Gasteiger partial charge is 0.306 e. The van der Waals surface area contributed by atoms with E-state index in [2.05, 4.69) is 10.4 Å². The molecule has 1 aromatic heterocycles. The zero-order valence-electron chi connectivity index (χ0n) is 17.7. The second-order valence-corrected chi connectivity index (χ2v) is 9.80. The second kappa shape index (κ2) is 8.64. The molecule has 1 N–H and O–H groups in total. The normalized spacial score (nSPS) is 15.0. The molecule has 2 aromatic carbocycles. The molecule has 1 amide bonds. The summed E-state index contributed by atoms with van der Waals surface area (Å²) in [6.45, 7) is 4.90. The highest BCUT2D eigenvalue weighted by Gasteiger charge is 2.26. The number of carbonyl (C=O) groups is 1. The van der Waals surface area contributed by atoms with Crippen molar-refractivity contribution in [1.29, 1.82) is 0 Å². The van der Waals surface area contributed by atoms with Crippen LogP contribution in [0, 0.1) is 13.8 Å². The number of aromatic nitrogens is 2. The van der Waals surface area contributed by atoms with Crippen LogP contribution >= 0.6 is 0 Å². The molecule has 0 saturated carbocycles. The molecular formula is C23H26N4O3S. The number of hydrogen-bond acceptors (Lipinski definition) is 4. The highest BCUT2D eigenvalue weighted by atomic mass is 32.2. The van der Waals surface area contributed by atoms with Gasteiger partial charge >= 0.3 is 0 Å². The summed E-state index contributed by atoms with van der Waals surface area (Å²) in [4.78, 5) is 13.1. The van der Waals surface area contributed by atoms with Gasteiger partial charge in [-0.2, -0.15) is 9.40 Å². The smallest absolute Gasteiger partial charge is 0.256 e. The summed E-state index contributed by atoms with van der Waals surface area (Å²) in [5.74, 6) is 0.139. The fourth-order valence-electron chi connectivity index (χ4n) is 3.71. The van der Waals surface area contributed by atoms with Crippen molar-refractivity contribution in [3.8, 4) is 5.69 Å². The van der Waals surface area contributed by atoms with Crippen LogP contribution in [-0.4, -0.2) is 41.5 Å². The molecule has 0 radical (unpaired) electrons. The molecule has 1 fully saturated rings. The van der Waals surface area contributed by atoms with E-state index >= 15 is 0 Å². The fraction of sp³-hybridized carbons (Fsp3) is 0.304. The Kier molecular flexibility index (Phi) is 5.93. The average molecular weight is 439 g/mol. The number of rotatable bonds is 5. The van der Waals surface area contributed by atoms with E-state index in [-0.39, 0.29) is 16.4 Å².